The Morgan fingerprint density at radius 3 is 2.92 bits per heavy atom. The van der Waals surface area contributed by atoms with Gasteiger partial charge in [0.2, 0.25) is 5.91 Å². The minimum absolute atomic E-state index is 0.228. The Morgan fingerprint density at radius 1 is 1.77 bits per heavy atom. The molecule has 6 nitrogen and oxygen atoms in total. The van der Waals surface area contributed by atoms with Crippen LogP contribution in [0.25, 0.3) is 0 Å². The van der Waals surface area contributed by atoms with Gasteiger partial charge in [-0.3, -0.25) is 9.48 Å². The number of hydrogen-bond donors (Lipinski definition) is 2. The van der Waals surface area contributed by atoms with Crippen LogP contribution in [0, 0.1) is 0 Å². The Morgan fingerprint density at radius 2 is 2.46 bits per heavy atom. The fraction of sp³-hybridized carbons (Fsp3) is 0.571. The van der Waals surface area contributed by atoms with Gasteiger partial charge in [-0.15, -0.1) is 0 Å². The maximum atomic E-state index is 10.7. The van der Waals surface area contributed by atoms with Gasteiger partial charge in [0.1, 0.15) is 18.3 Å². The minimum Gasteiger partial charge on any atom is -0.380 e. The molecule has 1 atom stereocenters. The van der Waals surface area contributed by atoms with Crippen molar-refractivity contribution in [3.05, 3.63) is 12.7 Å². The van der Waals surface area contributed by atoms with Crippen LogP contribution in [0.3, 0.4) is 0 Å². The maximum absolute atomic E-state index is 10.7. The van der Waals surface area contributed by atoms with E-state index in [4.69, 9.17) is 5.73 Å². The normalized spacial score (nSPS) is 15.2. The molecule has 1 aromatic rings. The van der Waals surface area contributed by atoms with Crippen LogP contribution in [0.5, 0.6) is 0 Å². The third-order valence-electron chi connectivity index (χ3n) is 1.83. The second-order valence-electron chi connectivity index (χ2n) is 3.05. The van der Waals surface area contributed by atoms with Gasteiger partial charge < -0.3 is 10.8 Å². The maximum Gasteiger partial charge on any atom is 0.249 e. The quantitative estimate of drug-likeness (QED) is 0.621. The molecule has 0 saturated carbocycles. The van der Waals surface area contributed by atoms with Gasteiger partial charge in [-0.25, -0.2) is 4.98 Å². The molecule has 0 aliphatic heterocycles. The molecular formula is C7H12N4O2. The number of aromatic nitrogens is 3. The summed E-state index contributed by atoms with van der Waals surface area (Å²) < 4.78 is 1.53. The smallest absolute Gasteiger partial charge is 0.249 e. The van der Waals surface area contributed by atoms with Crippen molar-refractivity contribution in [1.29, 1.82) is 0 Å². The van der Waals surface area contributed by atoms with Crippen molar-refractivity contribution < 1.29 is 9.90 Å². The van der Waals surface area contributed by atoms with E-state index in [2.05, 4.69) is 10.1 Å². The lowest BCUT2D eigenvalue weighted by atomic mass is 10.0. The summed E-state index contributed by atoms with van der Waals surface area (Å²) in [4.78, 5) is 14.4. The number of primary amides is 1. The number of carbonyl (C=O) groups excluding carboxylic acids is 1. The number of nitrogens with two attached hydrogens (primary N) is 1. The van der Waals surface area contributed by atoms with Gasteiger partial charge in [0, 0.05) is 13.0 Å². The van der Waals surface area contributed by atoms with Gasteiger partial charge in [-0.1, -0.05) is 0 Å². The molecule has 0 bridgehead atoms. The molecule has 0 radical (unpaired) electrons. The van der Waals surface area contributed by atoms with Gasteiger partial charge in [-0.2, -0.15) is 5.10 Å². The van der Waals surface area contributed by atoms with E-state index in [-0.39, 0.29) is 6.42 Å². The Labute approximate surface area is 75.4 Å². The minimum atomic E-state index is -1.48. The van der Waals surface area contributed by atoms with Crippen molar-refractivity contribution in [3.8, 4) is 0 Å². The third kappa shape index (κ3) is 2.51. The highest BCUT2D eigenvalue weighted by molar-refractivity contribution is 5.82. The molecule has 1 amide bonds. The number of aliphatic hydroxyl groups is 1. The molecule has 0 saturated heterocycles. The van der Waals surface area contributed by atoms with Crippen molar-refractivity contribution in [2.75, 3.05) is 0 Å². The van der Waals surface area contributed by atoms with Crippen LogP contribution >= 0.6 is 0 Å². The van der Waals surface area contributed by atoms with Crippen LogP contribution in [-0.4, -0.2) is 31.4 Å². The first-order chi connectivity index (χ1) is 6.02. The highest BCUT2D eigenvalue weighted by atomic mass is 16.3. The molecule has 3 N–H and O–H groups in total. The summed E-state index contributed by atoms with van der Waals surface area (Å²) in [5, 5.41) is 13.3. The Balaban J connectivity index is 2.47. The molecule has 1 unspecified atom stereocenters. The molecular weight excluding hydrogens is 172 g/mol. The molecule has 6 heteroatoms. The summed E-state index contributed by atoms with van der Waals surface area (Å²) in [6.07, 6.45) is 3.13. The lowest BCUT2D eigenvalue weighted by Gasteiger charge is -2.18. The van der Waals surface area contributed by atoms with Crippen LogP contribution < -0.4 is 5.73 Å². The third-order valence-corrected chi connectivity index (χ3v) is 1.83. The second kappa shape index (κ2) is 3.53. The predicted octanol–water partition coefficient (Wildman–Crippen LogP) is -1.10. The summed E-state index contributed by atoms with van der Waals surface area (Å²) in [5.41, 5.74) is 3.50. The zero-order chi connectivity index (χ0) is 9.90. The molecule has 1 heterocycles. The van der Waals surface area contributed by atoms with Gasteiger partial charge in [-0.05, 0) is 6.92 Å². The first kappa shape index (κ1) is 9.66. The van der Waals surface area contributed by atoms with Gasteiger partial charge >= 0.3 is 0 Å². The van der Waals surface area contributed by atoms with Crippen LogP contribution in [-0.2, 0) is 11.3 Å². The monoisotopic (exact) mass is 184 g/mol. The van der Waals surface area contributed by atoms with Gasteiger partial charge in [0.05, 0.1) is 0 Å². The van der Waals surface area contributed by atoms with Crippen molar-refractivity contribution >= 4 is 5.91 Å². The molecule has 1 rings (SSSR count). The zero-order valence-corrected chi connectivity index (χ0v) is 7.34. The molecule has 0 aliphatic carbocycles. The Bertz CT molecular complexity index is 281. The SMILES string of the molecule is CC(O)(CCn1cncn1)C(N)=O. The number of nitrogens with zero attached hydrogens (tertiary/aromatic N) is 3. The van der Waals surface area contributed by atoms with Gasteiger partial charge in [0.25, 0.3) is 0 Å². The number of amides is 1. The second-order valence-corrected chi connectivity index (χ2v) is 3.05. The molecule has 72 valence electrons. The summed E-state index contributed by atoms with van der Waals surface area (Å²) in [6.45, 7) is 1.79. The van der Waals surface area contributed by atoms with Gasteiger partial charge in [0.15, 0.2) is 0 Å². The van der Waals surface area contributed by atoms with Crippen LogP contribution in [0.15, 0.2) is 12.7 Å². The fourth-order valence-electron chi connectivity index (χ4n) is 0.804. The average molecular weight is 184 g/mol. The van der Waals surface area contributed by atoms with Crippen molar-refractivity contribution in [2.24, 2.45) is 5.73 Å². The first-order valence-corrected chi connectivity index (χ1v) is 3.87. The predicted molar refractivity (Wildman–Crippen MR) is 44.5 cm³/mol. The van der Waals surface area contributed by atoms with E-state index >= 15 is 0 Å². The number of aryl methyl sites for hydroxylation is 1. The standard InChI is InChI=1S/C7H12N4O2/c1-7(13,6(8)12)2-3-11-5-9-4-10-11/h4-5,13H,2-3H2,1H3,(H2,8,12). The number of rotatable bonds is 4. The van der Waals surface area contributed by atoms with E-state index in [0.29, 0.717) is 6.54 Å². The summed E-state index contributed by atoms with van der Waals surface area (Å²) in [6, 6.07) is 0. The largest absolute Gasteiger partial charge is 0.380 e. The molecule has 0 fully saturated rings. The molecule has 13 heavy (non-hydrogen) atoms. The Kier molecular flexibility index (Phi) is 2.62. The summed E-state index contributed by atoms with van der Waals surface area (Å²) >= 11 is 0. The topological polar surface area (TPSA) is 94.0 Å². The zero-order valence-electron chi connectivity index (χ0n) is 7.34. The lowest BCUT2D eigenvalue weighted by molar-refractivity contribution is -0.135. The molecule has 1 aromatic heterocycles. The lowest BCUT2D eigenvalue weighted by Crippen LogP contribution is -2.41. The Hall–Kier alpha value is -1.43. The average Bonchev–Trinajstić information content (AvgIpc) is 2.52. The fourth-order valence-corrected chi connectivity index (χ4v) is 0.804. The summed E-state index contributed by atoms with van der Waals surface area (Å²) in [5.74, 6) is -0.729. The van der Waals surface area contributed by atoms with Crippen LogP contribution in [0.2, 0.25) is 0 Å². The van der Waals surface area contributed by atoms with E-state index in [1.54, 1.807) is 0 Å². The number of carbonyl (C=O) groups is 1. The van der Waals surface area contributed by atoms with Crippen molar-refractivity contribution in [1.82, 2.24) is 14.8 Å². The van der Waals surface area contributed by atoms with Crippen LogP contribution in [0.4, 0.5) is 0 Å². The van der Waals surface area contributed by atoms with Crippen molar-refractivity contribution in [3.63, 3.8) is 0 Å². The molecule has 0 spiro atoms. The molecule has 0 aromatic carbocycles. The van der Waals surface area contributed by atoms with Crippen molar-refractivity contribution in [2.45, 2.75) is 25.5 Å². The van der Waals surface area contributed by atoms with E-state index in [1.165, 1.54) is 24.3 Å². The molecule has 0 aliphatic rings. The number of hydrogen-bond acceptors (Lipinski definition) is 4. The van der Waals surface area contributed by atoms with E-state index in [9.17, 15) is 9.90 Å². The highest BCUT2D eigenvalue weighted by Gasteiger charge is 2.27. The van der Waals surface area contributed by atoms with Crippen LogP contribution in [0.1, 0.15) is 13.3 Å². The van der Waals surface area contributed by atoms with E-state index in [1.807, 2.05) is 0 Å². The first-order valence-electron chi connectivity index (χ1n) is 3.87. The van der Waals surface area contributed by atoms with E-state index in [0.717, 1.165) is 0 Å². The summed E-state index contributed by atoms with van der Waals surface area (Å²) in [7, 11) is 0. The van der Waals surface area contributed by atoms with E-state index < -0.39 is 11.5 Å². The highest BCUT2D eigenvalue weighted by Crippen LogP contribution is 2.08.